The molecule has 0 nitrogen and oxygen atoms in total. The first-order valence-electron chi connectivity index (χ1n) is 13.9. The highest BCUT2D eigenvalue weighted by molar-refractivity contribution is 4.97. The summed E-state index contributed by atoms with van der Waals surface area (Å²) in [6.45, 7) is 13.6. The van der Waals surface area contributed by atoms with E-state index in [1.807, 2.05) is 0 Å². The molecular weight excluding hydrogens is 360 g/mol. The van der Waals surface area contributed by atoms with Gasteiger partial charge in [-0.3, -0.25) is 0 Å². The van der Waals surface area contributed by atoms with Crippen LogP contribution in [-0.4, -0.2) is 0 Å². The predicted octanol–water partition coefficient (Wildman–Crippen LogP) is 11.7. The van der Waals surface area contributed by atoms with Gasteiger partial charge in [0, 0.05) is 0 Å². The first-order chi connectivity index (χ1) is 14.6. The highest BCUT2D eigenvalue weighted by Gasteiger charge is 1.93. The molecular formula is C30H60. The van der Waals surface area contributed by atoms with Crippen molar-refractivity contribution >= 4 is 0 Å². The molecule has 0 aliphatic heterocycles. The van der Waals surface area contributed by atoms with Gasteiger partial charge in [0.1, 0.15) is 0 Å². The summed E-state index contributed by atoms with van der Waals surface area (Å²) >= 11 is 0. The van der Waals surface area contributed by atoms with Crippen molar-refractivity contribution < 1.29 is 0 Å². The lowest BCUT2D eigenvalue weighted by Crippen LogP contribution is -1.82. The molecule has 0 heterocycles. The molecule has 30 heavy (non-hydrogen) atoms. The van der Waals surface area contributed by atoms with E-state index >= 15 is 0 Å². The molecule has 0 rings (SSSR count). The predicted molar refractivity (Wildman–Crippen MR) is 143 cm³/mol. The van der Waals surface area contributed by atoms with Crippen molar-refractivity contribution in [2.75, 3.05) is 0 Å². The zero-order valence-electron chi connectivity index (χ0n) is 22.3. The summed E-state index contributed by atoms with van der Waals surface area (Å²) in [4.78, 5) is 0. The Hall–Kier alpha value is -0.520. The smallest absolute Gasteiger partial charge is 0.0323 e. The molecule has 0 N–H and O–H groups in total. The average Bonchev–Trinajstić information content (AvgIpc) is 2.75. The number of allylic oxidation sites excluding steroid dienone is 4. The highest BCUT2D eigenvalue weighted by atomic mass is 14.0. The van der Waals surface area contributed by atoms with Crippen LogP contribution in [0.2, 0.25) is 0 Å². The largest absolute Gasteiger partial charge is 0.0856 e. The third kappa shape index (κ3) is 29.7. The van der Waals surface area contributed by atoms with Gasteiger partial charge in [0.2, 0.25) is 0 Å². The van der Waals surface area contributed by atoms with Crippen LogP contribution in [0, 0.1) is 0 Å². The van der Waals surface area contributed by atoms with Gasteiger partial charge in [0.05, 0.1) is 0 Å². The molecule has 0 amide bonds. The van der Waals surface area contributed by atoms with Crippen molar-refractivity contribution in [2.45, 2.75) is 170 Å². The monoisotopic (exact) mass is 420 g/mol. The SMILES string of the molecule is CCC/C=C(\C)CCCCCCCCC.CCCCCCCC/C=C(\C)CCCC. The molecule has 0 aliphatic carbocycles. The molecule has 0 radical (unpaired) electrons. The molecule has 0 aromatic carbocycles. The molecule has 0 spiro atoms. The summed E-state index contributed by atoms with van der Waals surface area (Å²) in [5.41, 5.74) is 3.20. The fourth-order valence-electron chi connectivity index (χ4n) is 3.68. The van der Waals surface area contributed by atoms with E-state index in [4.69, 9.17) is 0 Å². The van der Waals surface area contributed by atoms with Crippen molar-refractivity contribution in [1.82, 2.24) is 0 Å². The van der Waals surface area contributed by atoms with E-state index in [9.17, 15) is 0 Å². The van der Waals surface area contributed by atoms with Gasteiger partial charge in [-0.1, -0.05) is 134 Å². The molecule has 0 unspecified atom stereocenters. The molecule has 0 heteroatoms. The highest BCUT2D eigenvalue weighted by Crippen LogP contribution is 2.13. The van der Waals surface area contributed by atoms with Gasteiger partial charge in [-0.05, 0) is 58.8 Å². The Bertz CT molecular complexity index is 360. The lowest BCUT2D eigenvalue weighted by molar-refractivity contribution is 0.588. The minimum atomic E-state index is 1.27. The lowest BCUT2D eigenvalue weighted by Gasteiger charge is -2.02. The molecule has 0 bridgehead atoms. The molecule has 0 fully saturated rings. The van der Waals surface area contributed by atoms with Crippen molar-refractivity contribution in [2.24, 2.45) is 0 Å². The molecule has 0 aromatic heterocycles. The van der Waals surface area contributed by atoms with E-state index in [2.05, 4.69) is 53.7 Å². The fraction of sp³-hybridized carbons (Fsp3) is 0.867. The average molecular weight is 421 g/mol. The van der Waals surface area contributed by atoms with E-state index in [1.165, 1.54) is 128 Å². The Kier molecular flexibility index (Phi) is 30.1. The zero-order valence-corrected chi connectivity index (χ0v) is 22.3. The van der Waals surface area contributed by atoms with Crippen LogP contribution in [0.1, 0.15) is 170 Å². The van der Waals surface area contributed by atoms with Crippen LogP contribution in [0.4, 0.5) is 0 Å². The van der Waals surface area contributed by atoms with E-state index in [-0.39, 0.29) is 0 Å². The van der Waals surface area contributed by atoms with E-state index in [0.29, 0.717) is 0 Å². The molecule has 0 aromatic rings. The van der Waals surface area contributed by atoms with Crippen LogP contribution in [0.25, 0.3) is 0 Å². The topological polar surface area (TPSA) is 0 Å². The van der Waals surface area contributed by atoms with Gasteiger partial charge in [-0.25, -0.2) is 0 Å². The van der Waals surface area contributed by atoms with Gasteiger partial charge in [-0.2, -0.15) is 0 Å². The summed E-state index contributed by atoms with van der Waals surface area (Å²) in [7, 11) is 0. The van der Waals surface area contributed by atoms with Crippen LogP contribution >= 0.6 is 0 Å². The van der Waals surface area contributed by atoms with Crippen LogP contribution in [-0.2, 0) is 0 Å². The standard InChI is InChI=1S/2C15H30/c2*1-4-6-8-9-10-11-12-14-15(3)13-7-5-2/h14H,4-13H2,1-3H3;13H,4-12,14H2,1-3H3/b15-14+;15-13+. The second kappa shape index (κ2) is 28.5. The maximum atomic E-state index is 2.45. The Morgan fingerprint density at radius 2 is 0.800 bits per heavy atom. The van der Waals surface area contributed by atoms with Gasteiger partial charge >= 0.3 is 0 Å². The third-order valence-electron chi connectivity index (χ3n) is 5.93. The molecule has 0 atom stereocenters. The molecule has 180 valence electrons. The van der Waals surface area contributed by atoms with Crippen molar-refractivity contribution in [1.29, 1.82) is 0 Å². The van der Waals surface area contributed by atoms with E-state index in [0.717, 1.165) is 0 Å². The van der Waals surface area contributed by atoms with Crippen molar-refractivity contribution in [3.05, 3.63) is 23.3 Å². The summed E-state index contributed by atoms with van der Waals surface area (Å²) in [6, 6.07) is 0. The van der Waals surface area contributed by atoms with E-state index < -0.39 is 0 Å². The van der Waals surface area contributed by atoms with Crippen molar-refractivity contribution in [3.63, 3.8) is 0 Å². The van der Waals surface area contributed by atoms with Gasteiger partial charge in [0.25, 0.3) is 0 Å². The Morgan fingerprint density at radius 1 is 0.400 bits per heavy atom. The number of rotatable bonds is 20. The first-order valence-corrected chi connectivity index (χ1v) is 13.9. The maximum Gasteiger partial charge on any atom is -0.0323 e. The maximum absolute atomic E-state index is 2.45. The van der Waals surface area contributed by atoms with Crippen LogP contribution in [0.15, 0.2) is 23.3 Å². The lowest BCUT2D eigenvalue weighted by atomic mass is 10.0. The molecule has 0 aliphatic rings. The van der Waals surface area contributed by atoms with Gasteiger partial charge in [-0.15, -0.1) is 0 Å². The minimum Gasteiger partial charge on any atom is -0.0856 e. The number of hydrogen-bond donors (Lipinski definition) is 0. The Labute approximate surface area is 193 Å². The van der Waals surface area contributed by atoms with Crippen molar-refractivity contribution in [3.8, 4) is 0 Å². The van der Waals surface area contributed by atoms with Crippen LogP contribution in [0.5, 0.6) is 0 Å². The summed E-state index contributed by atoms with van der Waals surface area (Å²) in [5, 5.41) is 0. The third-order valence-corrected chi connectivity index (χ3v) is 5.93. The zero-order chi connectivity index (χ0) is 22.7. The van der Waals surface area contributed by atoms with Crippen LogP contribution in [0.3, 0.4) is 0 Å². The second-order valence-corrected chi connectivity index (χ2v) is 9.42. The van der Waals surface area contributed by atoms with Gasteiger partial charge in [0.15, 0.2) is 0 Å². The van der Waals surface area contributed by atoms with Gasteiger partial charge < -0.3 is 0 Å². The normalized spacial score (nSPS) is 12.1. The summed E-state index contributed by atoms with van der Waals surface area (Å²) in [5.74, 6) is 0. The van der Waals surface area contributed by atoms with Crippen LogP contribution < -0.4 is 0 Å². The summed E-state index contributed by atoms with van der Waals surface area (Å²) in [6.07, 6.45) is 32.5. The summed E-state index contributed by atoms with van der Waals surface area (Å²) < 4.78 is 0. The quantitative estimate of drug-likeness (QED) is 0.136. The fourth-order valence-corrected chi connectivity index (χ4v) is 3.68. The second-order valence-electron chi connectivity index (χ2n) is 9.42. The number of hydrogen-bond acceptors (Lipinski definition) is 0. The Balaban J connectivity index is 0. The molecule has 0 saturated heterocycles. The Morgan fingerprint density at radius 3 is 1.30 bits per heavy atom. The first kappa shape index (κ1) is 31.7. The number of unbranched alkanes of at least 4 members (excludes halogenated alkanes) is 14. The molecule has 0 saturated carbocycles. The minimum absolute atomic E-state index is 1.27. The van der Waals surface area contributed by atoms with E-state index in [1.54, 1.807) is 11.1 Å².